The molecule has 1 saturated carbocycles. The lowest BCUT2D eigenvalue weighted by atomic mass is 9.88. The molecule has 0 amide bonds. The van der Waals surface area contributed by atoms with E-state index in [9.17, 15) is 0 Å². The Balaban J connectivity index is 1.74. The molecule has 0 radical (unpaired) electrons. The van der Waals surface area contributed by atoms with Crippen molar-refractivity contribution in [3.63, 3.8) is 0 Å². The fourth-order valence-electron chi connectivity index (χ4n) is 2.89. The van der Waals surface area contributed by atoms with E-state index in [4.69, 9.17) is 15.2 Å². The van der Waals surface area contributed by atoms with Gasteiger partial charge in [0, 0.05) is 22.6 Å². The highest BCUT2D eigenvalue weighted by Gasteiger charge is 2.39. The summed E-state index contributed by atoms with van der Waals surface area (Å²) in [5.41, 5.74) is 6.64. The predicted octanol–water partition coefficient (Wildman–Crippen LogP) is 3.46. The van der Waals surface area contributed by atoms with Crippen LogP contribution >= 0.6 is 11.8 Å². The van der Waals surface area contributed by atoms with Gasteiger partial charge < -0.3 is 15.2 Å². The summed E-state index contributed by atoms with van der Waals surface area (Å²) in [7, 11) is 0. The second kappa shape index (κ2) is 5.49. The van der Waals surface area contributed by atoms with Crippen LogP contribution in [-0.4, -0.2) is 24.5 Å². The Labute approximate surface area is 125 Å². The summed E-state index contributed by atoms with van der Waals surface area (Å²) >= 11 is 1.88. The van der Waals surface area contributed by atoms with E-state index in [1.54, 1.807) is 0 Å². The van der Waals surface area contributed by atoms with Crippen LogP contribution < -0.4 is 15.2 Å². The Morgan fingerprint density at radius 2 is 1.95 bits per heavy atom. The molecule has 110 valence electrons. The summed E-state index contributed by atoms with van der Waals surface area (Å²) in [6, 6.07) is 6.50. The molecule has 0 aromatic heterocycles. The number of hydrogen-bond donors (Lipinski definition) is 1. The summed E-state index contributed by atoms with van der Waals surface area (Å²) in [4.78, 5) is 1.23. The Morgan fingerprint density at radius 1 is 1.20 bits per heavy atom. The van der Waals surface area contributed by atoms with Gasteiger partial charge in [0.2, 0.25) is 0 Å². The van der Waals surface area contributed by atoms with Gasteiger partial charge in [-0.1, -0.05) is 13.8 Å². The molecule has 3 rings (SSSR count). The smallest absolute Gasteiger partial charge is 0.162 e. The second-order valence-corrected chi connectivity index (χ2v) is 7.68. The molecule has 1 aromatic carbocycles. The van der Waals surface area contributed by atoms with Crippen LogP contribution in [0.25, 0.3) is 0 Å². The van der Waals surface area contributed by atoms with Gasteiger partial charge >= 0.3 is 0 Å². The molecule has 2 N–H and O–H groups in total. The minimum absolute atomic E-state index is 0.253. The van der Waals surface area contributed by atoms with Gasteiger partial charge in [0.1, 0.15) is 0 Å². The standard InChI is InChI=1S/C16H23NO2S/c1-16(2)7-6-14(15(16)17)20-11-4-5-12-13(10-11)19-9-3-8-18-12/h4-5,10,14-15H,3,6-9,17H2,1-2H3. The van der Waals surface area contributed by atoms with Crippen LogP contribution in [0.4, 0.5) is 0 Å². The van der Waals surface area contributed by atoms with Crippen molar-refractivity contribution in [3.05, 3.63) is 18.2 Å². The van der Waals surface area contributed by atoms with Crippen molar-refractivity contribution in [3.8, 4) is 11.5 Å². The monoisotopic (exact) mass is 293 g/mol. The predicted molar refractivity (Wildman–Crippen MR) is 82.7 cm³/mol. The highest BCUT2D eigenvalue weighted by Crippen LogP contribution is 2.45. The Hall–Kier alpha value is -0.870. The van der Waals surface area contributed by atoms with Gasteiger partial charge in [-0.3, -0.25) is 0 Å². The first-order valence-corrected chi connectivity index (χ1v) is 8.26. The van der Waals surface area contributed by atoms with E-state index in [1.807, 2.05) is 17.8 Å². The molecule has 1 fully saturated rings. The van der Waals surface area contributed by atoms with Gasteiger partial charge in [0.05, 0.1) is 13.2 Å². The van der Waals surface area contributed by atoms with Crippen LogP contribution in [0.2, 0.25) is 0 Å². The lowest BCUT2D eigenvalue weighted by Gasteiger charge is -2.26. The Morgan fingerprint density at radius 3 is 2.65 bits per heavy atom. The molecule has 2 unspecified atom stereocenters. The van der Waals surface area contributed by atoms with Gasteiger partial charge in [-0.25, -0.2) is 0 Å². The number of ether oxygens (including phenoxy) is 2. The van der Waals surface area contributed by atoms with Crippen molar-refractivity contribution in [2.24, 2.45) is 11.1 Å². The van der Waals surface area contributed by atoms with Gasteiger partial charge in [-0.05, 0) is 36.5 Å². The molecule has 1 aromatic rings. The van der Waals surface area contributed by atoms with Crippen molar-refractivity contribution in [1.82, 2.24) is 0 Å². The van der Waals surface area contributed by atoms with Gasteiger partial charge in [-0.15, -0.1) is 11.8 Å². The minimum atomic E-state index is 0.253. The highest BCUT2D eigenvalue weighted by atomic mass is 32.2. The number of fused-ring (bicyclic) bond motifs is 1. The molecule has 4 heteroatoms. The van der Waals surface area contributed by atoms with Crippen molar-refractivity contribution < 1.29 is 9.47 Å². The molecule has 1 aliphatic carbocycles. The minimum Gasteiger partial charge on any atom is -0.490 e. The van der Waals surface area contributed by atoms with Gasteiger partial charge in [0.25, 0.3) is 0 Å². The van der Waals surface area contributed by atoms with Crippen molar-refractivity contribution >= 4 is 11.8 Å². The van der Waals surface area contributed by atoms with Gasteiger partial charge in [-0.2, -0.15) is 0 Å². The Kier molecular flexibility index (Phi) is 3.87. The first-order valence-electron chi connectivity index (χ1n) is 7.38. The maximum Gasteiger partial charge on any atom is 0.162 e. The summed E-state index contributed by atoms with van der Waals surface area (Å²) in [5.74, 6) is 1.74. The zero-order valence-electron chi connectivity index (χ0n) is 12.2. The largest absolute Gasteiger partial charge is 0.490 e. The first-order chi connectivity index (χ1) is 9.56. The fraction of sp³-hybridized carbons (Fsp3) is 0.625. The van der Waals surface area contributed by atoms with Crippen molar-refractivity contribution in [2.75, 3.05) is 13.2 Å². The van der Waals surface area contributed by atoms with Crippen LogP contribution in [0.15, 0.2) is 23.1 Å². The molecule has 2 atom stereocenters. The van der Waals surface area contributed by atoms with Crippen LogP contribution in [-0.2, 0) is 0 Å². The number of thioether (sulfide) groups is 1. The van der Waals surface area contributed by atoms with Crippen LogP contribution in [0, 0.1) is 5.41 Å². The molecular weight excluding hydrogens is 270 g/mol. The van der Waals surface area contributed by atoms with Crippen LogP contribution in [0.1, 0.15) is 33.1 Å². The molecule has 1 heterocycles. The third kappa shape index (κ3) is 2.77. The summed E-state index contributed by atoms with van der Waals surface area (Å²) in [5, 5.41) is 0.495. The van der Waals surface area contributed by atoms with Crippen molar-refractivity contribution in [2.45, 2.75) is 49.3 Å². The fourth-order valence-corrected chi connectivity index (χ4v) is 4.31. The molecular formula is C16H23NO2S. The zero-order chi connectivity index (χ0) is 14.2. The van der Waals surface area contributed by atoms with E-state index in [0.29, 0.717) is 5.25 Å². The molecule has 2 aliphatic rings. The lowest BCUT2D eigenvalue weighted by Crippen LogP contribution is -2.38. The number of benzene rings is 1. The molecule has 3 nitrogen and oxygen atoms in total. The average Bonchev–Trinajstić information content (AvgIpc) is 2.62. The van der Waals surface area contributed by atoms with E-state index in [0.717, 1.165) is 31.1 Å². The maximum absolute atomic E-state index is 6.39. The number of hydrogen-bond acceptors (Lipinski definition) is 4. The second-order valence-electron chi connectivity index (χ2n) is 6.37. The molecule has 0 saturated heterocycles. The number of rotatable bonds is 2. The molecule has 20 heavy (non-hydrogen) atoms. The van der Waals surface area contributed by atoms with E-state index in [2.05, 4.69) is 26.0 Å². The zero-order valence-corrected chi connectivity index (χ0v) is 13.0. The SMILES string of the molecule is CC1(C)CCC(Sc2ccc3c(c2)OCCCO3)C1N. The highest BCUT2D eigenvalue weighted by molar-refractivity contribution is 8.00. The van der Waals surface area contributed by atoms with E-state index < -0.39 is 0 Å². The molecule has 1 aliphatic heterocycles. The first kappa shape index (κ1) is 14.1. The van der Waals surface area contributed by atoms with E-state index in [-0.39, 0.29) is 11.5 Å². The summed E-state index contributed by atoms with van der Waals surface area (Å²) < 4.78 is 11.4. The maximum atomic E-state index is 6.39. The summed E-state index contributed by atoms with van der Waals surface area (Å²) in [6.07, 6.45) is 3.34. The Bertz CT molecular complexity index is 489. The quantitative estimate of drug-likeness (QED) is 0.907. The number of nitrogens with two attached hydrogens (primary N) is 1. The third-order valence-electron chi connectivity index (χ3n) is 4.38. The normalized spacial score (nSPS) is 28.1. The topological polar surface area (TPSA) is 44.5 Å². The van der Waals surface area contributed by atoms with Crippen LogP contribution in [0.3, 0.4) is 0 Å². The average molecular weight is 293 g/mol. The van der Waals surface area contributed by atoms with E-state index in [1.165, 1.54) is 17.7 Å². The lowest BCUT2D eigenvalue weighted by molar-refractivity contribution is 0.297. The summed E-state index contributed by atoms with van der Waals surface area (Å²) in [6.45, 7) is 6.01. The molecule has 0 spiro atoms. The van der Waals surface area contributed by atoms with Gasteiger partial charge in [0.15, 0.2) is 11.5 Å². The van der Waals surface area contributed by atoms with E-state index >= 15 is 0 Å². The third-order valence-corrected chi connectivity index (χ3v) is 5.74. The molecule has 0 bridgehead atoms. The van der Waals surface area contributed by atoms with Crippen molar-refractivity contribution in [1.29, 1.82) is 0 Å². The van der Waals surface area contributed by atoms with Crippen LogP contribution in [0.5, 0.6) is 11.5 Å².